The van der Waals surface area contributed by atoms with Crippen LogP contribution in [0.5, 0.6) is 17.2 Å². The summed E-state index contributed by atoms with van der Waals surface area (Å²) in [7, 11) is 3.11. The van der Waals surface area contributed by atoms with Gasteiger partial charge in [0.2, 0.25) is 17.6 Å². The highest BCUT2D eigenvalue weighted by molar-refractivity contribution is 9.10. The molecule has 1 aliphatic heterocycles. The number of likely N-dealkylation sites (N-methyl/N-ethyl adjacent to an activating group) is 1. The molecule has 0 saturated carbocycles. The van der Waals surface area contributed by atoms with Gasteiger partial charge < -0.3 is 24.4 Å². The molecule has 152 valence electrons. The summed E-state index contributed by atoms with van der Waals surface area (Å²) in [4.78, 5) is 25.9. The summed E-state index contributed by atoms with van der Waals surface area (Å²) in [6, 6.07) is 10.8. The normalized spacial score (nSPS) is 12.5. The number of nitrogens with zero attached hydrogens (tertiary/aromatic N) is 1. The average molecular weight is 461 g/mol. The number of rotatable bonds is 6. The highest BCUT2D eigenvalue weighted by atomic mass is 79.9. The van der Waals surface area contributed by atoms with Crippen LogP contribution in [-0.4, -0.2) is 50.6 Å². The van der Waals surface area contributed by atoms with E-state index >= 15 is 0 Å². The summed E-state index contributed by atoms with van der Waals surface area (Å²) >= 11 is 3.37. The number of ether oxygens (including phenoxy) is 3. The van der Waals surface area contributed by atoms with Crippen LogP contribution in [-0.2, 0) is 9.59 Å². The van der Waals surface area contributed by atoms with Crippen LogP contribution in [0.4, 0.5) is 5.69 Å². The van der Waals surface area contributed by atoms with Crippen LogP contribution in [0, 0.1) is 0 Å². The fourth-order valence-electron chi connectivity index (χ4n) is 2.73. The van der Waals surface area contributed by atoms with Gasteiger partial charge in [-0.15, -0.1) is 0 Å². The fraction of sp³-hybridized carbons (Fsp3) is 0.238. The Kier molecular flexibility index (Phi) is 6.77. The van der Waals surface area contributed by atoms with Crippen molar-refractivity contribution < 1.29 is 23.8 Å². The molecule has 2 aromatic rings. The topological polar surface area (TPSA) is 77.1 Å². The minimum absolute atomic E-state index is 0.0744. The summed E-state index contributed by atoms with van der Waals surface area (Å²) in [5.41, 5.74) is 1.38. The third-order valence-corrected chi connectivity index (χ3v) is 4.87. The van der Waals surface area contributed by atoms with Crippen molar-refractivity contribution in [3.05, 3.63) is 52.5 Å². The Morgan fingerprint density at radius 1 is 1.24 bits per heavy atom. The number of amides is 2. The van der Waals surface area contributed by atoms with Gasteiger partial charge in [0.15, 0.2) is 11.5 Å². The second-order valence-corrected chi connectivity index (χ2v) is 7.16. The van der Waals surface area contributed by atoms with Crippen LogP contribution in [0.3, 0.4) is 0 Å². The van der Waals surface area contributed by atoms with Crippen molar-refractivity contribution in [2.24, 2.45) is 0 Å². The summed E-state index contributed by atoms with van der Waals surface area (Å²) in [6.07, 6.45) is 3.04. The maximum atomic E-state index is 12.4. The van der Waals surface area contributed by atoms with Crippen LogP contribution < -0.4 is 19.5 Å². The number of hydrogen-bond donors (Lipinski definition) is 1. The number of methoxy groups -OCH3 is 1. The van der Waals surface area contributed by atoms with Crippen LogP contribution in [0.25, 0.3) is 6.08 Å². The van der Waals surface area contributed by atoms with E-state index in [2.05, 4.69) is 21.2 Å². The zero-order valence-electron chi connectivity index (χ0n) is 16.1. The maximum absolute atomic E-state index is 12.4. The molecule has 0 aromatic heterocycles. The van der Waals surface area contributed by atoms with Gasteiger partial charge in [-0.05, 0) is 51.8 Å². The molecule has 1 N–H and O–H groups in total. The van der Waals surface area contributed by atoms with Gasteiger partial charge >= 0.3 is 0 Å². The second kappa shape index (κ2) is 9.47. The van der Waals surface area contributed by atoms with E-state index in [1.807, 2.05) is 18.2 Å². The number of fused-ring (bicyclic) bond motifs is 1. The minimum Gasteiger partial charge on any atom is -0.493 e. The molecule has 0 fully saturated rings. The lowest BCUT2D eigenvalue weighted by Crippen LogP contribution is -2.33. The molecule has 0 aliphatic carbocycles. The van der Waals surface area contributed by atoms with Gasteiger partial charge in [-0.25, -0.2) is 0 Å². The van der Waals surface area contributed by atoms with Gasteiger partial charge in [-0.1, -0.05) is 12.1 Å². The summed E-state index contributed by atoms with van der Waals surface area (Å²) in [5.74, 6) is 1.07. The lowest BCUT2D eigenvalue weighted by molar-refractivity contribution is -0.129. The number of halogens is 1. The van der Waals surface area contributed by atoms with Gasteiger partial charge in [-0.2, -0.15) is 0 Å². The second-order valence-electron chi connectivity index (χ2n) is 6.30. The molecule has 2 aromatic carbocycles. The van der Waals surface area contributed by atoms with E-state index in [1.165, 1.54) is 11.0 Å². The van der Waals surface area contributed by atoms with Crippen LogP contribution in [0.2, 0.25) is 0 Å². The predicted molar refractivity (Wildman–Crippen MR) is 113 cm³/mol. The number of para-hydroxylation sites is 1. The maximum Gasteiger partial charge on any atom is 0.246 e. The average Bonchev–Trinajstić information content (AvgIpc) is 2.72. The van der Waals surface area contributed by atoms with Gasteiger partial charge in [0.25, 0.3) is 0 Å². The first-order chi connectivity index (χ1) is 14.0. The summed E-state index contributed by atoms with van der Waals surface area (Å²) in [5, 5.41) is 2.77. The van der Waals surface area contributed by atoms with Crippen molar-refractivity contribution in [2.75, 3.05) is 39.2 Å². The Bertz CT molecular complexity index is 927. The molecule has 8 heteroatoms. The van der Waals surface area contributed by atoms with Crippen molar-refractivity contribution in [3.63, 3.8) is 0 Å². The molecule has 0 bridgehead atoms. The van der Waals surface area contributed by atoms with Crippen LogP contribution >= 0.6 is 15.9 Å². The van der Waals surface area contributed by atoms with E-state index in [0.717, 1.165) is 10.0 Å². The largest absolute Gasteiger partial charge is 0.493 e. The van der Waals surface area contributed by atoms with E-state index in [0.29, 0.717) is 36.1 Å². The lowest BCUT2D eigenvalue weighted by atomic mass is 10.1. The minimum atomic E-state index is -0.305. The Hall–Kier alpha value is -3.00. The van der Waals surface area contributed by atoms with Crippen molar-refractivity contribution in [1.82, 2.24) is 4.90 Å². The van der Waals surface area contributed by atoms with Crippen molar-refractivity contribution in [2.45, 2.75) is 0 Å². The number of nitrogens with one attached hydrogen (secondary N) is 1. The zero-order chi connectivity index (χ0) is 20.8. The first-order valence-electron chi connectivity index (χ1n) is 8.93. The highest BCUT2D eigenvalue weighted by Crippen LogP contribution is 2.40. The number of carbonyl (C=O) groups excluding carboxylic acids is 2. The molecule has 0 atom stereocenters. The zero-order valence-corrected chi connectivity index (χ0v) is 17.7. The van der Waals surface area contributed by atoms with Gasteiger partial charge in [0.1, 0.15) is 13.2 Å². The van der Waals surface area contributed by atoms with Crippen molar-refractivity contribution in [1.29, 1.82) is 0 Å². The molecule has 2 amide bonds. The highest BCUT2D eigenvalue weighted by Gasteiger charge is 2.18. The molecule has 7 nitrogen and oxygen atoms in total. The number of benzene rings is 2. The van der Waals surface area contributed by atoms with E-state index in [1.54, 1.807) is 38.4 Å². The standard InChI is InChI=1S/C21H21BrN2O5/c1-24(13-19(25)23-16-6-4-3-5-15(16)22)20(26)8-7-14-11-17(27-2)21-18(12-14)28-9-10-29-21/h3-8,11-12H,9-10,13H2,1-2H3,(H,23,25). The number of anilines is 1. The molecule has 1 aliphatic rings. The van der Waals surface area contributed by atoms with E-state index in [4.69, 9.17) is 14.2 Å². The summed E-state index contributed by atoms with van der Waals surface area (Å²) < 4.78 is 17.3. The molecule has 0 radical (unpaired) electrons. The molecule has 1 heterocycles. The Balaban J connectivity index is 1.62. The Labute approximate surface area is 177 Å². The first kappa shape index (κ1) is 20.7. The third-order valence-electron chi connectivity index (χ3n) is 4.17. The lowest BCUT2D eigenvalue weighted by Gasteiger charge is -2.21. The van der Waals surface area contributed by atoms with Gasteiger partial charge in [-0.3, -0.25) is 9.59 Å². The predicted octanol–water partition coefficient (Wildman–Crippen LogP) is 3.34. The quantitative estimate of drug-likeness (QED) is 0.668. The monoisotopic (exact) mass is 460 g/mol. The Morgan fingerprint density at radius 2 is 2.00 bits per heavy atom. The summed E-state index contributed by atoms with van der Waals surface area (Å²) in [6.45, 7) is 0.843. The first-order valence-corrected chi connectivity index (χ1v) is 9.72. The number of hydrogen-bond acceptors (Lipinski definition) is 5. The van der Waals surface area contributed by atoms with Gasteiger partial charge in [0.05, 0.1) is 19.3 Å². The SMILES string of the molecule is COc1cc(C=CC(=O)N(C)CC(=O)Nc2ccccc2Br)cc2c1OCCO2. The van der Waals surface area contributed by atoms with E-state index in [-0.39, 0.29) is 18.4 Å². The van der Waals surface area contributed by atoms with Gasteiger partial charge in [0, 0.05) is 17.6 Å². The molecule has 29 heavy (non-hydrogen) atoms. The van der Waals surface area contributed by atoms with Crippen molar-refractivity contribution >= 4 is 39.5 Å². The molecular weight excluding hydrogens is 440 g/mol. The van der Waals surface area contributed by atoms with E-state index in [9.17, 15) is 9.59 Å². The molecule has 0 spiro atoms. The number of carbonyl (C=O) groups is 2. The van der Waals surface area contributed by atoms with E-state index < -0.39 is 0 Å². The third kappa shape index (κ3) is 5.29. The molecule has 3 rings (SSSR count). The molecular formula is C21H21BrN2O5. The smallest absolute Gasteiger partial charge is 0.246 e. The Morgan fingerprint density at radius 3 is 2.76 bits per heavy atom. The fourth-order valence-corrected chi connectivity index (χ4v) is 3.11. The molecule has 0 saturated heterocycles. The van der Waals surface area contributed by atoms with Crippen LogP contribution in [0.1, 0.15) is 5.56 Å². The van der Waals surface area contributed by atoms with Crippen molar-refractivity contribution in [3.8, 4) is 17.2 Å². The molecule has 0 unspecified atom stereocenters. The van der Waals surface area contributed by atoms with Crippen LogP contribution in [0.15, 0.2) is 46.9 Å².